The van der Waals surface area contributed by atoms with E-state index in [1.165, 1.54) is 0 Å². The standard InChI is InChI=1S/C12H17BrO3/c1-3-16-8-10(14)6-9-4-5-12(15-2)11(13)7-9/h4-5,7,10,14H,3,6,8H2,1-2H3. The number of methoxy groups -OCH3 is 1. The van der Waals surface area contributed by atoms with Crippen LogP contribution in [0.1, 0.15) is 12.5 Å². The Morgan fingerprint density at radius 2 is 2.19 bits per heavy atom. The van der Waals surface area contributed by atoms with Crippen LogP contribution in [0.4, 0.5) is 0 Å². The molecule has 1 rings (SSSR count). The second-order valence-electron chi connectivity index (χ2n) is 3.49. The van der Waals surface area contributed by atoms with Crippen LogP contribution in [-0.4, -0.2) is 31.5 Å². The summed E-state index contributed by atoms with van der Waals surface area (Å²) in [6, 6.07) is 5.78. The Labute approximate surface area is 105 Å². The highest BCUT2D eigenvalue weighted by Crippen LogP contribution is 2.25. The minimum Gasteiger partial charge on any atom is -0.496 e. The van der Waals surface area contributed by atoms with Gasteiger partial charge in [-0.3, -0.25) is 0 Å². The topological polar surface area (TPSA) is 38.7 Å². The van der Waals surface area contributed by atoms with Crippen LogP contribution in [0.25, 0.3) is 0 Å². The smallest absolute Gasteiger partial charge is 0.133 e. The van der Waals surface area contributed by atoms with Crippen LogP contribution >= 0.6 is 15.9 Å². The fourth-order valence-electron chi connectivity index (χ4n) is 1.42. The molecule has 0 bridgehead atoms. The molecule has 0 amide bonds. The number of aliphatic hydroxyl groups is 1. The van der Waals surface area contributed by atoms with Crippen molar-refractivity contribution in [2.75, 3.05) is 20.3 Å². The second-order valence-corrected chi connectivity index (χ2v) is 4.34. The summed E-state index contributed by atoms with van der Waals surface area (Å²) in [6.45, 7) is 2.92. The molecular weight excluding hydrogens is 272 g/mol. The Kier molecular flexibility index (Phi) is 5.80. The molecule has 1 atom stereocenters. The van der Waals surface area contributed by atoms with Crippen LogP contribution in [0.3, 0.4) is 0 Å². The van der Waals surface area contributed by atoms with E-state index in [0.29, 0.717) is 19.6 Å². The zero-order chi connectivity index (χ0) is 12.0. The molecular formula is C12H17BrO3. The summed E-state index contributed by atoms with van der Waals surface area (Å²) in [5.74, 6) is 0.794. The van der Waals surface area contributed by atoms with E-state index in [1.807, 2.05) is 25.1 Å². The molecule has 0 aromatic heterocycles. The van der Waals surface area contributed by atoms with Gasteiger partial charge in [-0.2, -0.15) is 0 Å². The first kappa shape index (κ1) is 13.5. The molecule has 90 valence electrons. The summed E-state index contributed by atoms with van der Waals surface area (Å²) in [5, 5.41) is 9.68. The average molecular weight is 289 g/mol. The van der Waals surface area contributed by atoms with E-state index in [0.717, 1.165) is 15.8 Å². The Balaban J connectivity index is 2.57. The van der Waals surface area contributed by atoms with E-state index in [9.17, 15) is 5.11 Å². The quantitative estimate of drug-likeness (QED) is 0.874. The van der Waals surface area contributed by atoms with Crippen molar-refractivity contribution in [2.45, 2.75) is 19.4 Å². The van der Waals surface area contributed by atoms with Crippen LogP contribution in [0.5, 0.6) is 5.75 Å². The van der Waals surface area contributed by atoms with E-state index < -0.39 is 6.10 Å². The van der Waals surface area contributed by atoms with Gasteiger partial charge in [-0.25, -0.2) is 0 Å². The van der Waals surface area contributed by atoms with Gasteiger partial charge in [-0.1, -0.05) is 6.07 Å². The maximum atomic E-state index is 9.68. The lowest BCUT2D eigenvalue weighted by Crippen LogP contribution is -2.18. The van der Waals surface area contributed by atoms with Crippen molar-refractivity contribution in [3.8, 4) is 5.75 Å². The average Bonchev–Trinajstić information content (AvgIpc) is 2.26. The van der Waals surface area contributed by atoms with E-state index in [2.05, 4.69) is 15.9 Å². The lowest BCUT2D eigenvalue weighted by molar-refractivity contribution is 0.0430. The molecule has 4 heteroatoms. The molecule has 0 aliphatic heterocycles. The molecule has 3 nitrogen and oxygen atoms in total. The fraction of sp³-hybridized carbons (Fsp3) is 0.500. The predicted octanol–water partition coefficient (Wildman–Crippen LogP) is 2.40. The third kappa shape index (κ3) is 4.12. The molecule has 0 spiro atoms. The minimum absolute atomic E-state index is 0.375. The van der Waals surface area contributed by atoms with Crippen LogP contribution in [-0.2, 0) is 11.2 Å². The summed E-state index contributed by atoms with van der Waals surface area (Å²) < 4.78 is 11.2. The normalized spacial score (nSPS) is 12.5. The summed E-state index contributed by atoms with van der Waals surface area (Å²) in [4.78, 5) is 0. The van der Waals surface area contributed by atoms with Gasteiger partial charge < -0.3 is 14.6 Å². The molecule has 0 fully saturated rings. The number of ether oxygens (including phenoxy) is 2. The summed E-state index contributed by atoms with van der Waals surface area (Å²) in [6.07, 6.45) is 0.128. The first-order valence-electron chi connectivity index (χ1n) is 5.25. The van der Waals surface area contributed by atoms with Gasteiger partial charge in [0.1, 0.15) is 5.75 Å². The second kappa shape index (κ2) is 6.89. The van der Waals surface area contributed by atoms with Crippen molar-refractivity contribution >= 4 is 15.9 Å². The van der Waals surface area contributed by atoms with Gasteiger partial charge in [-0.15, -0.1) is 0 Å². The van der Waals surface area contributed by atoms with E-state index in [-0.39, 0.29) is 0 Å². The van der Waals surface area contributed by atoms with Gasteiger partial charge in [-0.05, 0) is 40.5 Å². The van der Waals surface area contributed by atoms with E-state index in [4.69, 9.17) is 9.47 Å². The highest BCUT2D eigenvalue weighted by molar-refractivity contribution is 9.10. The molecule has 0 aliphatic rings. The molecule has 0 aliphatic carbocycles. The van der Waals surface area contributed by atoms with Crippen LogP contribution in [0, 0.1) is 0 Å². The zero-order valence-electron chi connectivity index (χ0n) is 9.57. The molecule has 1 aromatic carbocycles. The molecule has 1 aromatic rings. The number of rotatable bonds is 6. The van der Waals surface area contributed by atoms with Gasteiger partial charge in [0.15, 0.2) is 0 Å². The Morgan fingerprint density at radius 1 is 1.44 bits per heavy atom. The SMILES string of the molecule is CCOCC(O)Cc1ccc(OC)c(Br)c1. The summed E-state index contributed by atoms with van der Waals surface area (Å²) >= 11 is 3.41. The van der Waals surface area contributed by atoms with Crippen LogP contribution in [0.2, 0.25) is 0 Å². The minimum atomic E-state index is -0.458. The zero-order valence-corrected chi connectivity index (χ0v) is 11.2. The molecule has 1 unspecified atom stereocenters. The van der Waals surface area contributed by atoms with Crippen molar-refractivity contribution in [3.05, 3.63) is 28.2 Å². The number of halogens is 1. The van der Waals surface area contributed by atoms with Crippen molar-refractivity contribution < 1.29 is 14.6 Å². The Hall–Kier alpha value is -0.580. The molecule has 0 heterocycles. The van der Waals surface area contributed by atoms with Gasteiger partial charge in [0.2, 0.25) is 0 Å². The van der Waals surface area contributed by atoms with E-state index in [1.54, 1.807) is 7.11 Å². The number of hydrogen-bond donors (Lipinski definition) is 1. The Morgan fingerprint density at radius 3 is 2.75 bits per heavy atom. The molecule has 0 radical (unpaired) electrons. The number of aliphatic hydroxyl groups excluding tert-OH is 1. The van der Waals surface area contributed by atoms with Gasteiger partial charge >= 0.3 is 0 Å². The Bertz CT molecular complexity index is 328. The molecule has 16 heavy (non-hydrogen) atoms. The van der Waals surface area contributed by atoms with Gasteiger partial charge in [0.25, 0.3) is 0 Å². The third-order valence-corrected chi connectivity index (χ3v) is 2.82. The fourth-order valence-corrected chi connectivity index (χ4v) is 2.01. The number of hydrogen-bond acceptors (Lipinski definition) is 3. The first-order chi connectivity index (χ1) is 7.67. The van der Waals surface area contributed by atoms with Gasteiger partial charge in [0, 0.05) is 13.0 Å². The van der Waals surface area contributed by atoms with Gasteiger partial charge in [0.05, 0.1) is 24.3 Å². The van der Waals surface area contributed by atoms with Crippen LogP contribution in [0.15, 0.2) is 22.7 Å². The maximum absolute atomic E-state index is 9.68. The lowest BCUT2D eigenvalue weighted by atomic mass is 10.1. The molecule has 0 saturated carbocycles. The number of benzene rings is 1. The predicted molar refractivity (Wildman–Crippen MR) is 66.9 cm³/mol. The molecule has 1 N–H and O–H groups in total. The highest BCUT2D eigenvalue weighted by Gasteiger charge is 2.07. The highest BCUT2D eigenvalue weighted by atomic mass is 79.9. The van der Waals surface area contributed by atoms with Crippen LogP contribution < -0.4 is 4.74 Å². The lowest BCUT2D eigenvalue weighted by Gasteiger charge is -2.11. The summed E-state index contributed by atoms with van der Waals surface area (Å²) in [5.41, 5.74) is 1.06. The van der Waals surface area contributed by atoms with E-state index >= 15 is 0 Å². The first-order valence-corrected chi connectivity index (χ1v) is 6.05. The summed E-state index contributed by atoms with van der Waals surface area (Å²) in [7, 11) is 1.63. The van der Waals surface area contributed by atoms with Crippen molar-refractivity contribution in [1.29, 1.82) is 0 Å². The van der Waals surface area contributed by atoms with Crippen molar-refractivity contribution in [3.63, 3.8) is 0 Å². The van der Waals surface area contributed by atoms with Crippen molar-refractivity contribution in [1.82, 2.24) is 0 Å². The maximum Gasteiger partial charge on any atom is 0.133 e. The largest absolute Gasteiger partial charge is 0.496 e. The third-order valence-electron chi connectivity index (χ3n) is 2.20. The van der Waals surface area contributed by atoms with Crippen molar-refractivity contribution in [2.24, 2.45) is 0 Å². The molecule has 0 saturated heterocycles. The monoisotopic (exact) mass is 288 g/mol.